The highest BCUT2D eigenvalue weighted by atomic mass is 19.1. The molecule has 0 N–H and O–H groups in total. The molecular weight excluding hydrogens is 418 g/mol. The first-order valence-corrected chi connectivity index (χ1v) is 10.3. The minimum Gasteiger partial charge on any atom is -0.486 e. The van der Waals surface area contributed by atoms with Crippen LogP contribution in [-0.4, -0.2) is 13.2 Å². The molecule has 0 aromatic heterocycles. The molecule has 33 heavy (non-hydrogen) atoms. The molecule has 1 aromatic carbocycles. The minimum atomic E-state index is -0.586. The van der Waals surface area contributed by atoms with Crippen LogP contribution < -0.4 is 4.74 Å². The molecule has 0 aliphatic heterocycles. The third kappa shape index (κ3) is 9.04. The van der Waals surface area contributed by atoms with Crippen LogP contribution in [0.25, 0.3) is 0 Å². The molecule has 2 rings (SSSR count). The van der Waals surface area contributed by atoms with Gasteiger partial charge in [-0.05, 0) is 60.6 Å². The molecule has 0 spiro atoms. The molecule has 2 nitrogen and oxygen atoms in total. The Hall–Kier alpha value is -3.84. The number of hydrogen-bond acceptors (Lipinski definition) is 2. The maximum atomic E-state index is 14.4. The molecule has 0 heterocycles. The van der Waals surface area contributed by atoms with Crippen molar-refractivity contribution in [3.63, 3.8) is 0 Å². The maximum absolute atomic E-state index is 14.4. The average Bonchev–Trinajstić information content (AvgIpc) is 2.75. The van der Waals surface area contributed by atoms with E-state index in [1.165, 1.54) is 18.2 Å². The molecule has 1 aromatic rings. The zero-order valence-electron chi connectivity index (χ0n) is 19.1. The second-order valence-corrected chi connectivity index (χ2v) is 7.73. The third-order valence-corrected chi connectivity index (χ3v) is 4.39. The van der Waals surface area contributed by atoms with Gasteiger partial charge in [-0.1, -0.05) is 61.9 Å². The van der Waals surface area contributed by atoms with Gasteiger partial charge < -0.3 is 9.47 Å². The van der Waals surface area contributed by atoms with Crippen molar-refractivity contribution in [2.75, 3.05) is 13.2 Å². The van der Waals surface area contributed by atoms with Gasteiger partial charge in [0.15, 0.2) is 17.3 Å². The van der Waals surface area contributed by atoms with Crippen LogP contribution in [0.5, 0.6) is 5.75 Å². The molecule has 0 unspecified atom stereocenters. The second-order valence-electron chi connectivity index (χ2n) is 7.73. The minimum absolute atomic E-state index is 0.0405. The van der Waals surface area contributed by atoms with Crippen molar-refractivity contribution in [2.24, 2.45) is 0 Å². The van der Waals surface area contributed by atoms with Gasteiger partial charge in [0, 0.05) is 17.6 Å². The molecule has 4 heteroatoms. The highest BCUT2D eigenvalue weighted by molar-refractivity contribution is 5.40. The summed E-state index contributed by atoms with van der Waals surface area (Å²) >= 11 is 0. The fourth-order valence-electron chi connectivity index (χ4n) is 2.73. The standard InChI is InChI=1S/C29H28F2O2/c1-20(2)7-8-21(3)18-32-28-13-11-25(15-23(28)5)16-26-12-14-29(27(31)17-26)33-19-22(4)9-10-24(6)30/h7-10,12,14-15,17H,1,3-4,6,16,18-19H2,2,5H3. The average molecular weight is 447 g/mol. The lowest BCUT2D eigenvalue weighted by atomic mass is 10.0. The largest absolute Gasteiger partial charge is 0.486 e. The van der Waals surface area contributed by atoms with Crippen LogP contribution >= 0.6 is 0 Å². The molecule has 0 fully saturated rings. The van der Waals surface area contributed by atoms with E-state index < -0.39 is 11.6 Å². The molecule has 0 radical (unpaired) electrons. The van der Waals surface area contributed by atoms with Crippen molar-refractivity contribution in [3.05, 3.63) is 137 Å². The van der Waals surface area contributed by atoms with Gasteiger partial charge in [-0.2, -0.15) is 0 Å². The summed E-state index contributed by atoms with van der Waals surface area (Å²) in [5, 5.41) is 0. The predicted octanol–water partition coefficient (Wildman–Crippen LogP) is 7.57. The monoisotopic (exact) mass is 446 g/mol. The van der Waals surface area contributed by atoms with Crippen LogP contribution in [0, 0.1) is 5.82 Å². The molecule has 0 amide bonds. The molecule has 0 bridgehead atoms. The van der Waals surface area contributed by atoms with E-state index in [1.54, 1.807) is 12.1 Å². The van der Waals surface area contributed by atoms with E-state index in [0.717, 1.165) is 27.9 Å². The Labute approximate surface area is 194 Å². The molecule has 170 valence electrons. The van der Waals surface area contributed by atoms with Crippen molar-refractivity contribution in [1.82, 2.24) is 0 Å². The highest BCUT2D eigenvalue weighted by Crippen LogP contribution is 2.23. The van der Waals surface area contributed by atoms with Crippen molar-refractivity contribution in [3.8, 4) is 5.75 Å². The Morgan fingerprint density at radius 1 is 0.970 bits per heavy atom. The quantitative estimate of drug-likeness (QED) is 0.243. The number of allylic oxidation sites excluding steroid dienone is 7. The molecular formula is C29H28F2O2. The van der Waals surface area contributed by atoms with E-state index >= 15 is 0 Å². The van der Waals surface area contributed by atoms with Crippen LogP contribution in [0.1, 0.15) is 19.4 Å². The first-order valence-electron chi connectivity index (χ1n) is 10.3. The van der Waals surface area contributed by atoms with Crippen molar-refractivity contribution >= 4 is 0 Å². The second kappa shape index (κ2) is 12.3. The maximum Gasteiger partial charge on any atom is 0.173 e. The molecule has 0 atom stereocenters. The van der Waals surface area contributed by atoms with E-state index in [0.29, 0.717) is 24.4 Å². The van der Waals surface area contributed by atoms with Crippen molar-refractivity contribution < 1.29 is 18.3 Å². The number of benzene rings is 1. The lowest BCUT2D eigenvalue weighted by Gasteiger charge is -2.12. The van der Waals surface area contributed by atoms with Gasteiger partial charge >= 0.3 is 0 Å². The fourth-order valence-corrected chi connectivity index (χ4v) is 2.73. The van der Waals surface area contributed by atoms with E-state index in [2.05, 4.69) is 37.8 Å². The van der Waals surface area contributed by atoms with Gasteiger partial charge in [0.05, 0.1) is 0 Å². The fraction of sp³-hybridized carbons (Fsp3) is 0.172. The Kier molecular flexibility index (Phi) is 9.45. The van der Waals surface area contributed by atoms with E-state index in [-0.39, 0.29) is 12.4 Å². The van der Waals surface area contributed by atoms with Gasteiger partial charge in [0.25, 0.3) is 0 Å². The zero-order valence-corrected chi connectivity index (χ0v) is 19.1. The van der Waals surface area contributed by atoms with E-state index in [9.17, 15) is 8.78 Å². The first kappa shape index (κ1) is 25.4. The Balaban J connectivity index is 2.01. The molecule has 1 aliphatic carbocycles. The van der Waals surface area contributed by atoms with Gasteiger partial charge in [0.2, 0.25) is 0 Å². The Morgan fingerprint density at radius 3 is 2.24 bits per heavy atom. The van der Waals surface area contributed by atoms with Crippen LogP contribution in [0.3, 0.4) is 0 Å². The van der Waals surface area contributed by atoms with Crippen molar-refractivity contribution in [1.29, 1.82) is 0 Å². The Bertz CT molecular complexity index is 1160. The van der Waals surface area contributed by atoms with E-state index in [1.807, 2.05) is 32.1 Å². The lowest BCUT2D eigenvalue weighted by Crippen LogP contribution is -2.02. The molecule has 0 saturated heterocycles. The molecule has 0 saturated carbocycles. The topological polar surface area (TPSA) is 18.5 Å². The summed E-state index contributed by atoms with van der Waals surface area (Å²) < 4.78 is 38.3. The van der Waals surface area contributed by atoms with Crippen LogP contribution in [0.4, 0.5) is 8.78 Å². The van der Waals surface area contributed by atoms with E-state index in [4.69, 9.17) is 9.47 Å². The normalized spacial score (nSPS) is 12.9. The summed E-state index contributed by atoms with van der Waals surface area (Å²) in [5.41, 5.74) is 10.9. The van der Waals surface area contributed by atoms with Crippen LogP contribution in [0.2, 0.25) is 0 Å². The number of ether oxygens (including phenoxy) is 2. The summed E-state index contributed by atoms with van der Waals surface area (Å²) in [6.07, 6.45) is 8.78. The van der Waals surface area contributed by atoms with Crippen LogP contribution in [-0.2, 0) is 11.2 Å². The Morgan fingerprint density at radius 2 is 1.64 bits per heavy atom. The number of halogens is 2. The van der Waals surface area contributed by atoms with Gasteiger partial charge in [0.1, 0.15) is 19.0 Å². The van der Waals surface area contributed by atoms with Crippen LogP contribution in [0.15, 0.2) is 126 Å². The van der Waals surface area contributed by atoms with Gasteiger partial charge in [-0.15, -0.1) is 0 Å². The SMILES string of the molecule is C=C(C)C=CC(=C)COC1=C=C=C(Cc2ccc(OCC(=C)C=CC(=C)F)c(F)c2)C=C1C. The number of rotatable bonds is 12. The summed E-state index contributed by atoms with van der Waals surface area (Å²) in [5.74, 6) is -0.370. The van der Waals surface area contributed by atoms with Gasteiger partial charge in [-0.3, -0.25) is 0 Å². The summed E-state index contributed by atoms with van der Waals surface area (Å²) in [6, 6.07) is 4.77. The van der Waals surface area contributed by atoms with Gasteiger partial charge in [-0.25, -0.2) is 8.78 Å². The summed E-state index contributed by atoms with van der Waals surface area (Å²) in [7, 11) is 0. The third-order valence-electron chi connectivity index (χ3n) is 4.39. The summed E-state index contributed by atoms with van der Waals surface area (Å²) in [6.45, 7) is 18.8. The smallest absolute Gasteiger partial charge is 0.173 e. The lowest BCUT2D eigenvalue weighted by molar-refractivity contribution is 0.251. The van der Waals surface area contributed by atoms with Crippen molar-refractivity contribution in [2.45, 2.75) is 20.3 Å². The zero-order chi connectivity index (χ0) is 24.4. The summed E-state index contributed by atoms with van der Waals surface area (Å²) in [4.78, 5) is 0. The molecule has 1 aliphatic rings. The predicted molar refractivity (Wildman–Crippen MR) is 131 cm³/mol. The highest BCUT2D eigenvalue weighted by Gasteiger charge is 2.10. The first-order chi connectivity index (χ1) is 15.6. The number of hydrogen-bond donors (Lipinski definition) is 0.